The molecule has 2 heterocycles. The van der Waals surface area contributed by atoms with Crippen LogP contribution in [-0.2, 0) is 5.75 Å². The first kappa shape index (κ1) is 14.3. The summed E-state index contributed by atoms with van der Waals surface area (Å²) in [6.45, 7) is 3.04. The Morgan fingerprint density at radius 1 is 1.19 bits per heavy atom. The van der Waals surface area contributed by atoms with Gasteiger partial charge in [-0.05, 0) is 30.8 Å². The third kappa shape index (κ3) is 3.52. The van der Waals surface area contributed by atoms with Crippen molar-refractivity contribution in [2.75, 3.05) is 12.3 Å². The number of furan rings is 2. The minimum atomic E-state index is 0.224. The van der Waals surface area contributed by atoms with Gasteiger partial charge in [0.15, 0.2) is 0 Å². The van der Waals surface area contributed by atoms with E-state index in [4.69, 9.17) is 8.83 Å². The summed E-state index contributed by atoms with van der Waals surface area (Å²) < 4.78 is 11.3. The summed E-state index contributed by atoms with van der Waals surface area (Å²) in [5, 5.41) is 4.65. The fraction of sp³-hybridized carbons (Fsp3) is 0.294. The van der Waals surface area contributed by atoms with Crippen LogP contribution in [0.1, 0.15) is 24.5 Å². The highest BCUT2D eigenvalue weighted by molar-refractivity contribution is 7.98. The summed E-state index contributed by atoms with van der Waals surface area (Å²) in [4.78, 5) is 0. The molecule has 1 atom stereocenters. The molecule has 4 heteroatoms. The molecule has 0 bridgehead atoms. The van der Waals surface area contributed by atoms with Crippen LogP contribution in [0.2, 0.25) is 0 Å². The van der Waals surface area contributed by atoms with Gasteiger partial charge in [-0.3, -0.25) is 0 Å². The van der Waals surface area contributed by atoms with Gasteiger partial charge >= 0.3 is 0 Å². The Morgan fingerprint density at radius 3 is 2.86 bits per heavy atom. The van der Waals surface area contributed by atoms with Gasteiger partial charge in [-0.15, -0.1) is 0 Å². The largest absolute Gasteiger partial charge is 0.468 e. The number of hydrogen-bond donors (Lipinski definition) is 1. The molecule has 0 spiro atoms. The van der Waals surface area contributed by atoms with Gasteiger partial charge in [0.1, 0.15) is 17.1 Å². The lowest BCUT2D eigenvalue weighted by Gasteiger charge is -2.14. The van der Waals surface area contributed by atoms with Crippen LogP contribution in [0.15, 0.2) is 57.6 Å². The molecular formula is C17H19NO2S. The van der Waals surface area contributed by atoms with E-state index in [-0.39, 0.29) is 6.04 Å². The number of para-hydroxylation sites is 1. The summed E-state index contributed by atoms with van der Waals surface area (Å²) in [6, 6.07) is 14.4. The molecule has 0 amide bonds. The van der Waals surface area contributed by atoms with Gasteiger partial charge in [0.2, 0.25) is 0 Å². The second kappa shape index (κ2) is 6.87. The Hall–Kier alpha value is -1.65. The average Bonchev–Trinajstić information content (AvgIpc) is 3.15. The Bertz CT molecular complexity index is 642. The van der Waals surface area contributed by atoms with E-state index in [1.807, 2.05) is 42.1 Å². The number of hydrogen-bond acceptors (Lipinski definition) is 4. The third-order valence-corrected chi connectivity index (χ3v) is 4.41. The van der Waals surface area contributed by atoms with Gasteiger partial charge < -0.3 is 14.2 Å². The van der Waals surface area contributed by atoms with Gasteiger partial charge in [0.25, 0.3) is 0 Å². The highest BCUT2D eigenvalue weighted by atomic mass is 32.2. The molecule has 0 fully saturated rings. The average molecular weight is 301 g/mol. The summed E-state index contributed by atoms with van der Waals surface area (Å²) in [5.41, 5.74) is 0.950. The van der Waals surface area contributed by atoms with E-state index in [0.717, 1.165) is 40.5 Å². The Kier molecular flexibility index (Phi) is 4.68. The van der Waals surface area contributed by atoms with Crippen molar-refractivity contribution >= 4 is 22.7 Å². The molecule has 1 N–H and O–H groups in total. The topological polar surface area (TPSA) is 38.3 Å². The van der Waals surface area contributed by atoms with Gasteiger partial charge in [-0.1, -0.05) is 25.1 Å². The number of fused-ring (bicyclic) bond motifs is 1. The highest BCUT2D eigenvalue weighted by Gasteiger charge is 2.15. The first-order valence-electron chi connectivity index (χ1n) is 7.19. The summed E-state index contributed by atoms with van der Waals surface area (Å²) >= 11 is 1.85. The first-order chi connectivity index (χ1) is 10.4. The maximum absolute atomic E-state index is 5.97. The normalized spacial score (nSPS) is 12.8. The van der Waals surface area contributed by atoms with Crippen molar-refractivity contribution in [1.82, 2.24) is 5.32 Å². The zero-order valence-corrected chi connectivity index (χ0v) is 12.9. The number of thioether (sulfide) groups is 1. The van der Waals surface area contributed by atoms with Gasteiger partial charge in [0, 0.05) is 11.1 Å². The maximum atomic E-state index is 5.97. The molecular weight excluding hydrogens is 282 g/mol. The minimum absolute atomic E-state index is 0.224. The van der Waals surface area contributed by atoms with Crippen LogP contribution in [0, 0.1) is 0 Å². The Balaban J connectivity index is 1.68. The molecule has 0 radical (unpaired) electrons. The van der Waals surface area contributed by atoms with Crippen LogP contribution < -0.4 is 5.32 Å². The van der Waals surface area contributed by atoms with Crippen molar-refractivity contribution in [3.8, 4) is 0 Å². The molecule has 3 nitrogen and oxygen atoms in total. The van der Waals surface area contributed by atoms with Crippen LogP contribution in [0.25, 0.3) is 11.0 Å². The summed E-state index contributed by atoms with van der Waals surface area (Å²) in [7, 11) is 0. The van der Waals surface area contributed by atoms with Gasteiger partial charge in [-0.2, -0.15) is 11.8 Å². The van der Waals surface area contributed by atoms with Crippen molar-refractivity contribution < 1.29 is 8.83 Å². The minimum Gasteiger partial charge on any atom is -0.468 e. The summed E-state index contributed by atoms with van der Waals surface area (Å²) in [5.74, 6) is 3.86. The molecule has 3 aromatic rings. The molecule has 1 aromatic carbocycles. The van der Waals surface area contributed by atoms with Crippen molar-refractivity contribution in [2.24, 2.45) is 0 Å². The monoisotopic (exact) mass is 301 g/mol. The van der Waals surface area contributed by atoms with Crippen LogP contribution >= 0.6 is 11.8 Å². The predicted molar refractivity (Wildman–Crippen MR) is 87.5 cm³/mol. The van der Waals surface area contributed by atoms with E-state index in [0.29, 0.717) is 0 Å². The molecule has 0 saturated heterocycles. The quantitative estimate of drug-likeness (QED) is 0.691. The lowest BCUT2D eigenvalue weighted by atomic mass is 10.2. The van der Waals surface area contributed by atoms with Crippen LogP contribution in [-0.4, -0.2) is 12.3 Å². The molecule has 110 valence electrons. The van der Waals surface area contributed by atoms with E-state index >= 15 is 0 Å². The van der Waals surface area contributed by atoms with Crippen molar-refractivity contribution in [3.05, 3.63) is 60.2 Å². The zero-order valence-electron chi connectivity index (χ0n) is 12.0. The number of rotatable bonds is 7. The summed E-state index contributed by atoms with van der Waals surface area (Å²) in [6.07, 6.45) is 1.72. The standard InChI is InChI=1S/C17H19NO2S/c1-2-18-15(12-21-11-14-7-5-9-19-14)17-10-13-6-3-4-8-16(13)20-17/h3-10,15,18H,2,11-12H2,1H3. The molecule has 0 aliphatic rings. The second-order valence-corrected chi connectivity index (χ2v) is 5.92. The highest BCUT2D eigenvalue weighted by Crippen LogP contribution is 2.27. The Labute approximate surface area is 128 Å². The molecule has 0 aliphatic carbocycles. The van der Waals surface area contributed by atoms with Crippen LogP contribution in [0.5, 0.6) is 0 Å². The fourth-order valence-electron chi connectivity index (χ4n) is 2.33. The van der Waals surface area contributed by atoms with Gasteiger partial charge in [0.05, 0.1) is 18.1 Å². The Morgan fingerprint density at radius 2 is 2.10 bits per heavy atom. The smallest absolute Gasteiger partial charge is 0.134 e. The van der Waals surface area contributed by atoms with Crippen molar-refractivity contribution in [1.29, 1.82) is 0 Å². The molecule has 0 aliphatic heterocycles. The lowest BCUT2D eigenvalue weighted by Crippen LogP contribution is -2.22. The number of nitrogens with one attached hydrogen (secondary N) is 1. The second-order valence-electron chi connectivity index (χ2n) is 4.89. The first-order valence-corrected chi connectivity index (χ1v) is 8.34. The third-order valence-electron chi connectivity index (χ3n) is 3.35. The van der Waals surface area contributed by atoms with Crippen molar-refractivity contribution in [2.45, 2.75) is 18.7 Å². The predicted octanol–water partition coefficient (Wildman–Crippen LogP) is 4.61. The van der Waals surface area contributed by atoms with Gasteiger partial charge in [-0.25, -0.2) is 0 Å². The molecule has 1 unspecified atom stereocenters. The lowest BCUT2D eigenvalue weighted by molar-refractivity contribution is 0.463. The van der Waals surface area contributed by atoms with E-state index in [1.54, 1.807) is 6.26 Å². The fourth-order valence-corrected chi connectivity index (χ4v) is 3.34. The molecule has 3 rings (SSSR count). The SMILES string of the molecule is CCNC(CSCc1ccco1)c1cc2ccccc2o1. The molecule has 21 heavy (non-hydrogen) atoms. The van der Waals surface area contributed by atoms with E-state index in [9.17, 15) is 0 Å². The van der Waals surface area contributed by atoms with E-state index < -0.39 is 0 Å². The van der Waals surface area contributed by atoms with Crippen LogP contribution in [0.4, 0.5) is 0 Å². The number of benzene rings is 1. The molecule has 0 saturated carbocycles. The van der Waals surface area contributed by atoms with E-state index in [2.05, 4.69) is 24.4 Å². The maximum Gasteiger partial charge on any atom is 0.134 e. The van der Waals surface area contributed by atoms with Crippen molar-refractivity contribution in [3.63, 3.8) is 0 Å². The van der Waals surface area contributed by atoms with Crippen LogP contribution in [0.3, 0.4) is 0 Å². The zero-order chi connectivity index (χ0) is 14.5. The van der Waals surface area contributed by atoms with E-state index in [1.165, 1.54) is 0 Å². The molecule has 2 aromatic heterocycles.